The van der Waals surface area contributed by atoms with Crippen LogP contribution in [0.3, 0.4) is 0 Å². The molecule has 1 aliphatic rings. The van der Waals surface area contributed by atoms with Crippen molar-refractivity contribution in [2.24, 2.45) is 11.8 Å². The predicted molar refractivity (Wildman–Crippen MR) is 70.2 cm³/mol. The van der Waals surface area contributed by atoms with Gasteiger partial charge in [0.25, 0.3) is 0 Å². The maximum Gasteiger partial charge on any atom is 0.308 e. The summed E-state index contributed by atoms with van der Waals surface area (Å²) in [5.41, 5.74) is 0. The van der Waals surface area contributed by atoms with E-state index in [2.05, 4.69) is 13.8 Å². The molecule has 104 valence electrons. The average molecular weight is 255 g/mol. The molecule has 0 saturated heterocycles. The van der Waals surface area contributed by atoms with Gasteiger partial charge in [0.15, 0.2) is 0 Å². The highest BCUT2D eigenvalue weighted by Crippen LogP contribution is 2.29. The molecule has 18 heavy (non-hydrogen) atoms. The SMILES string of the molecule is CCCC(C)CC(=O)N(CC(C)C(=O)O)C1CC1. The number of carboxylic acid groups (broad SMARTS) is 1. The Hall–Kier alpha value is -1.06. The van der Waals surface area contributed by atoms with Gasteiger partial charge in [-0.3, -0.25) is 9.59 Å². The third kappa shape index (κ3) is 4.67. The number of carbonyl (C=O) groups excluding carboxylic acids is 1. The van der Waals surface area contributed by atoms with Crippen LogP contribution in [0.2, 0.25) is 0 Å². The maximum atomic E-state index is 12.2. The molecule has 1 fully saturated rings. The van der Waals surface area contributed by atoms with E-state index < -0.39 is 11.9 Å². The number of aliphatic carboxylic acids is 1. The van der Waals surface area contributed by atoms with Crippen LogP contribution in [0.25, 0.3) is 0 Å². The maximum absolute atomic E-state index is 12.2. The van der Waals surface area contributed by atoms with Crippen molar-refractivity contribution in [3.63, 3.8) is 0 Å². The second-order valence-corrected chi connectivity index (χ2v) is 5.61. The standard InChI is InChI=1S/C14H25NO3/c1-4-5-10(2)8-13(16)15(12-6-7-12)9-11(3)14(17)18/h10-12H,4-9H2,1-3H3,(H,17,18). The molecule has 0 aromatic carbocycles. The summed E-state index contributed by atoms with van der Waals surface area (Å²) in [7, 11) is 0. The van der Waals surface area contributed by atoms with E-state index in [1.165, 1.54) is 0 Å². The first kappa shape index (κ1) is 15.0. The lowest BCUT2D eigenvalue weighted by Crippen LogP contribution is -2.39. The Morgan fingerprint density at radius 3 is 2.39 bits per heavy atom. The van der Waals surface area contributed by atoms with Crippen molar-refractivity contribution in [1.29, 1.82) is 0 Å². The average Bonchev–Trinajstić information content (AvgIpc) is 3.09. The minimum Gasteiger partial charge on any atom is -0.481 e. The summed E-state index contributed by atoms with van der Waals surface area (Å²) in [5.74, 6) is -0.776. The first-order valence-corrected chi connectivity index (χ1v) is 6.98. The summed E-state index contributed by atoms with van der Waals surface area (Å²) in [6.07, 6.45) is 4.75. The van der Waals surface area contributed by atoms with Gasteiger partial charge < -0.3 is 10.0 Å². The third-order valence-electron chi connectivity index (χ3n) is 3.50. The van der Waals surface area contributed by atoms with Gasteiger partial charge in [0.2, 0.25) is 5.91 Å². The summed E-state index contributed by atoms with van der Waals surface area (Å²) in [4.78, 5) is 24.9. The largest absolute Gasteiger partial charge is 0.481 e. The van der Waals surface area contributed by atoms with Gasteiger partial charge in [-0.25, -0.2) is 0 Å². The highest BCUT2D eigenvalue weighted by molar-refractivity contribution is 5.78. The molecular formula is C14H25NO3. The van der Waals surface area contributed by atoms with Crippen molar-refractivity contribution in [3.05, 3.63) is 0 Å². The first-order chi connectivity index (χ1) is 8.45. The summed E-state index contributed by atoms with van der Waals surface area (Å²) in [5, 5.41) is 8.94. The van der Waals surface area contributed by atoms with Crippen LogP contribution >= 0.6 is 0 Å². The van der Waals surface area contributed by atoms with Gasteiger partial charge in [-0.15, -0.1) is 0 Å². The number of rotatable bonds is 8. The molecule has 1 rings (SSSR count). The van der Waals surface area contributed by atoms with Crippen LogP contribution in [0.15, 0.2) is 0 Å². The molecule has 1 N–H and O–H groups in total. The molecule has 1 aliphatic carbocycles. The fraction of sp³-hybridized carbons (Fsp3) is 0.857. The van der Waals surface area contributed by atoms with Crippen molar-refractivity contribution in [2.75, 3.05) is 6.54 Å². The zero-order chi connectivity index (χ0) is 13.7. The van der Waals surface area contributed by atoms with Crippen molar-refractivity contribution in [1.82, 2.24) is 4.90 Å². The van der Waals surface area contributed by atoms with E-state index in [4.69, 9.17) is 5.11 Å². The molecular weight excluding hydrogens is 230 g/mol. The van der Waals surface area contributed by atoms with Gasteiger partial charge in [-0.1, -0.05) is 33.6 Å². The van der Waals surface area contributed by atoms with Crippen molar-refractivity contribution in [3.8, 4) is 0 Å². The minimum absolute atomic E-state index is 0.131. The lowest BCUT2D eigenvalue weighted by Gasteiger charge is -2.25. The number of hydrogen-bond donors (Lipinski definition) is 1. The van der Waals surface area contributed by atoms with E-state index in [0.29, 0.717) is 24.9 Å². The molecule has 0 radical (unpaired) electrons. The zero-order valence-corrected chi connectivity index (χ0v) is 11.7. The van der Waals surface area contributed by atoms with Crippen LogP contribution in [-0.4, -0.2) is 34.5 Å². The van der Waals surface area contributed by atoms with E-state index in [0.717, 1.165) is 25.7 Å². The Morgan fingerprint density at radius 2 is 1.94 bits per heavy atom. The van der Waals surface area contributed by atoms with Gasteiger partial charge in [0.05, 0.1) is 5.92 Å². The molecule has 0 aliphatic heterocycles. The van der Waals surface area contributed by atoms with Gasteiger partial charge in [-0.05, 0) is 18.8 Å². The van der Waals surface area contributed by atoms with Gasteiger partial charge >= 0.3 is 5.97 Å². The Morgan fingerprint density at radius 1 is 1.33 bits per heavy atom. The number of amides is 1. The molecule has 0 aromatic rings. The summed E-state index contributed by atoms with van der Waals surface area (Å²) >= 11 is 0. The number of nitrogens with zero attached hydrogens (tertiary/aromatic N) is 1. The Kier molecular flexibility index (Phi) is 5.63. The number of carbonyl (C=O) groups is 2. The van der Waals surface area contributed by atoms with Crippen LogP contribution in [0.5, 0.6) is 0 Å². The van der Waals surface area contributed by atoms with Gasteiger partial charge in [-0.2, -0.15) is 0 Å². The molecule has 2 atom stereocenters. The molecule has 1 amide bonds. The molecule has 1 saturated carbocycles. The molecule has 0 aromatic heterocycles. The topological polar surface area (TPSA) is 57.6 Å². The second-order valence-electron chi connectivity index (χ2n) is 5.61. The zero-order valence-electron chi connectivity index (χ0n) is 11.7. The fourth-order valence-electron chi connectivity index (χ4n) is 2.22. The monoisotopic (exact) mass is 255 g/mol. The normalized spacial score (nSPS) is 18.2. The smallest absolute Gasteiger partial charge is 0.308 e. The van der Waals surface area contributed by atoms with Gasteiger partial charge in [0.1, 0.15) is 0 Å². The van der Waals surface area contributed by atoms with Gasteiger partial charge in [0, 0.05) is 19.0 Å². The molecule has 2 unspecified atom stereocenters. The van der Waals surface area contributed by atoms with Crippen molar-refractivity contribution >= 4 is 11.9 Å². The Bertz CT molecular complexity index is 299. The van der Waals surface area contributed by atoms with Crippen molar-refractivity contribution in [2.45, 2.75) is 58.9 Å². The Balaban J connectivity index is 2.50. The molecule has 0 heterocycles. The number of hydrogen-bond acceptors (Lipinski definition) is 2. The van der Waals surface area contributed by atoms with Crippen LogP contribution in [0.1, 0.15) is 52.9 Å². The number of carboxylic acids is 1. The summed E-state index contributed by atoms with van der Waals surface area (Å²) in [6, 6.07) is 0.299. The second kappa shape index (κ2) is 6.76. The summed E-state index contributed by atoms with van der Waals surface area (Å²) < 4.78 is 0. The summed E-state index contributed by atoms with van der Waals surface area (Å²) in [6.45, 7) is 6.23. The Labute approximate surface area is 109 Å². The molecule has 0 bridgehead atoms. The van der Waals surface area contributed by atoms with Crippen LogP contribution in [-0.2, 0) is 9.59 Å². The minimum atomic E-state index is -0.824. The highest BCUT2D eigenvalue weighted by atomic mass is 16.4. The van der Waals surface area contributed by atoms with E-state index in [1.807, 2.05) is 0 Å². The third-order valence-corrected chi connectivity index (χ3v) is 3.50. The van der Waals surface area contributed by atoms with Crippen molar-refractivity contribution < 1.29 is 14.7 Å². The fourth-order valence-corrected chi connectivity index (χ4v) is 2.22. The van der Waals surface area contributed by atoms with Crippen LogP contribution in [0.4, 0.5) is 0 Å². The van der Waals surface area contributed by atoms with Crippen LogP contribution in [0, 0.1) is 11.8 Å². The van der Waals surface area contributed by atoms with E-state index in [1.54, 1.807) is 11.8 Å². The van der Waals surface area contributed by atoms with E-state index in [9.17, 15) is 9.59 Å². The van der Waals surface area contributed by atoms with Crippen LogP contribution < -0.4 is 0 Å². The quantitative estimate of drug-likeness (QED) is 0.725. The molecule has 4 heteroatoms. The lowest BCUT2D eigenvalue weighted by atomic mass is 10.0. The predicted octanol–water partition coefficient (Wildman–Crippen LogP) is 2.52. The highest BCUT2D eigenvalue weighted by Gasteiger charge is 2.34. The first-order valence-electron chi connectivity index (χ1n) is 6.98. The lowest BCUT2D eigenvalue weighted by molar-refractivity contribution is -0.143. The molecule has 0 spiro atoms. The van der Waals surface area contributed by atoms with E-state index >= 15 is 0 Å². The van der Waals surface area contributed by atoms with E-state index in [-0.39, 0.29) is 5.91 Å². The molecule has 4 nitrogen and oxygen atoms in total.